The molecule has 2 aliphatic rings. The molecule has 0 aromatic heterocycles. The summed E-state index contributed by atoms with van der Waals surface area (Å²) in [4.78, 5) is 2.95. The molecule has 2 aliphatic heterocycles. The van der Waals surface area contributed by atoms with Gasteiger partial charge in [0.05, 0.1) is 12.6 Å². The zero-order valence-corrected chi connectivity index (χ0v) is 18.4. The lowest BCUT2D eigenvalue weighted by atomic mass is 10.0. The summed E-state index contributed by atoms with van der Waals surface area (Å²) in [6.07, 6.45) is 1.90. The van der Waals surface area contributed by atoms with Crippen LogP contribution in [-0.2, 0) is 37.9 Å². The molecule has 11 nitrogen and oxygen atoms in total. The van der Waals surface area contributed by atoms with E-state index in [-0.39, 0.29) is 13.4 Å². The molecule has 11 heteroatoms. The highest BCUT2D eigenvalue weighted by atomic mass is 16.8. The van der Waals surface area contributed by atoms with Crippen LogP contribution in [0.15, 0.2) is 5.11 Å². The van der Waals surface area contributed by atoms with E-state index >= 15 is 0 Å². The Morgan fingerprint density at radius 2 is 1.70 bits per heavy atom. The van der Waals surface area contributed by atoms with Crippen molar-refractivity contribution in [3.05, 3.63) is 10.4 Å². The van der Waals surface area contributed by atoms with E-state index in [9.17, 15) is 0 Å². The molecule has 0 aromatic rings. The van der Waals surface area contributed by atoms with Gasteiger partial charge in [-0.05, 0) is 32.2 Å². The average molecular weight is 434 g/mol. The quantitative estimate of drug-likeness (QED) is 0.120. The van der Waals surface area contributed by atoms with Crippen LogP contribution in [0.2, 0.25) is 0 Å². The third kappa shape index (κ3) is 7.92. The number of azide groups is 1. The number of rotatable bonds is 16. The minimum atomic E-state index is -0.770. The van der Waals surface area contributed by atoms with Gasteiger partial charge in [-0.1, -0.05) is 18.0 Å². The number of fused-ring (bicyclic) bond motifs is 1. The molecule has 2 saturated heterocycles. The molecular formula is C19H35N3O8. The summed E-state index contributed by atoms with van der Waals surface area (Å²) in [7, 11) is 3.15. The lowest BCUT2D eigenvalue weighted by Gasteiger charge is -2.28. The first-order valence-corrected chi connectivity index (χ1v) is 10.3. The number of hydrogen-bond acceptors (Lipinski definition) is 9. The standard InChI is InChI=1S/C19H35N3O8/c1-19(2)29-17-16(27-13-24-4)15(28-18(17)30-19)14(21-22-20)11-25-9-7-5-6-8-10-26-12-23-3/h14-18H,5-13H2,1-4H3/t14-,15-,16+,17-,18-/m1/s1. The Morgan fingerprint density at radius 1 is 1.00 bits per heavy atom. The van der Waals surface area contributed by atoms with Crippen LogP contribution in [0.1, 0.15) is 39.5 Å². The van der Waals surface area contributed by atoms with Crippen LogP contribution < -0.4 is 0 Å². The summed E-state index contributed by atoms with van der Waals surface area (Å²) in [6.45, 7) is 5.51. The molecule has 2 rings (SSSR count). The molecule has 0 saturated carbocycles. The summed E-state index contributed by atoms with van der Waals surface area (Å²) in [6, 6.07) is -0.569. The van der Waals surface area contributed by atoms with Gasteiger partial charge in [0.25, 0.3) is 0 Å². The van der Waals surface area contributed by atoms with Crippen molar-refractivity contribution in [1.29, 1.82) is 0 Å². The fourth-order valence-electron chi connectivity index (χ4n) is 3.52. The minimum Gasteiger partial charge on any atom is -0.381 e. The Balaban J connectivity index is 1.76. The van der Waals surface area contributed by atoms with Crippen molar-refractivity contribution in [2.75, 3.05) is 47.6 Å². The molecule has 2 heterocycles. The highest BCUT2D eigenvalue weighted by molar-refractivity contribution is 4.99. The Morgan fingerprint density at radius 3 is 2.37 bits per heavy atom. The van der Waals surface area contributed by atoms with E-state index in [1.54, 1.807) is 7.11 Å². The molecule has 0 aliphatic carbocycles. The molecule has 0 amide bonds. The first-order valence-electron chi connectivity index (χ1n) is 10.3. The summed E-state index contributed by atoms with van der Waals surface area (Å²) in [5.74, 6) is -0.770. The minimum absolute atomic E-state index is 0.0650. The average Bonchev–Trinajstić information content (AvgIpc) is 3.18. The van der Waals surface area contributed by atoms with Crippen molar-refractivity contribution in [1.82, 2.24) is 0 Å². The molecule has 0 spiro atoms. The maximum absolute atomic E-state index is 9.01. The van der Waals surface area contributed by atoms with Gasteiger partial charge in [-0.15, -0.1) is 0 Å². The van der Waals surface area contributed by atoms with Crippen molar-refractivity contribution in [2.24, 2.45) is 5.11 Å². The van der Waals surface area contributed by atoms with E-state index < -0.39 is 36.4 Å². The predicted molar refractivity (Wildman–Crippen MR) is 105 cm³/mol. The van der Waals surface area contributed by atoms with Gasteiger partial charge in [0.1, 0.15) is 31.9 Å². The number of unbranched alkanes of at least 4 members (excludes halogenated alkanes) is 3. The molecule has 0 radical (unpaired) electrons. The third-order valence-electron chi connectivity index (χ3n) is 4.80. The molecule has 0 unspecified atom stereocenters. The predicted octanol–water partition coefficient (Wildman–Crippen LogP) is 2.73. The Hall–Kier alpha value is -1.01. The SMILES string of the molecule is COCOCCCCCCOC[C@@H](N=[N+]=[N-])[C@H]1O[C@@H]2OC(C)(C)O[C@@H]2[C@H]1OCOC. The molecule has 5 atom stereocenters. The molecule has 174 valence electrons. The smallest absolute Gasteiger partial charge is 0.190 e. The van der Waals surface area contributed by atoms with Crippen molar-refractivity contribution in [2.45, 2.75) is 76.0 Å². The first kappa shape index (κ1) is 25.3. The molecule has 0 bridgehead atoms. The number of hydrogen-bond donors (Lipinski definition) is 0. The molecule has 2 fully saturated rings. The third-order valence-corrected chi connectivity index (χ3v) is 4.80. The summed E-state index contributed by atoms with van der Waals surface area (Å²) >= 11 is 0. The largest absolute Gasteiger partial charge is 0.381 e. The van der Waals surface area contributed by atoms with E-state index in [1.165, 1.54) is 7.11 Å². The molecule has 0 N–H and O–H groups in total. The van der Waals surface area contributed by atoms with Crippen LogP contribution >= 0.6 is 0 Å². The normalized spacial score (nSPS) is 28.3. The first-order chi connectivity index (χ1) is 14.5. The van der Waals surface area contributed by atoms with Crippen LogP contribution in [-0.4, -0.2) is 84.1 Å². The lowest BCUT2D eigenvalue weighted by Crippen LogP contribution is -2.44. The molecule has 0 aromatic carbocycles. The Bertz CT molecular complexity index is 532. The zero-order chi connectivity index (χ0) is 21.8. The van der Waals surface area contributed by atoms with E-state index in [2.05, 4.69) is 10.0 Å². The lowest BCUT2D eigenvalue weighted by molar-refractivity contribution is -0.227. The van der Waals surface area contributed by atoms with Gasteiger partial charge in [-0.3, -0.25) is 0 Å². The molecule has 30 heavy (non-hydrogen) atoms. The second-order valence-electron chi connectivity index (χ2n) is 7.68. The van der Waals surface area contributed by atoms with Crippen molar-refractivity contribution >= 4 is 0 Å². The van der Waals surface area contributed by atoms with Crippen LogP contribution in [0, 0.1) is 0 Å². The second-order valence-corrected chi connectivity index (χ2v) is 7.68. The fourth-order valence-corrected chi connectivity index (χ4v) is 3.52. The van der Waals surface area contributed by atoms with Crippen LogP contribution in [0.25, 0.3) is 10.4 Å². The van der Waals surface area contributed by atoms with Crippen molar-refractivity contribution in [3.63, 3.8) is 0 Å². The van der Waals surface area contributed by atoms with Gasteiger partial charge in [0.2, 0.25) is 0 Å². The topological polar surface area (TPSA) is 123 Å². The van der Waals surface area contributed by atoms with E-state index in [0.717, 1.165) is 25.7 Å². The van der Waals surface area contributed by atoms with Gasteiger partial charge in [-0.2, -0.15) is 0 Å². The Kier molecular flexibility index (Phi) is 11.3. The summed E-state index contributed by atoms with van der Waals surface area (Å²) in [5, 5.41) is 3.87. The summed E-state index contributed by atoms with van der Waals surface area (Å²) < 4.78 is 44.4. The Labute approximate surface area is 177 Å². The number of nitrogens with zero attached hydrogens (tertiary/aromatic N) is 3. The van der Waals surface area contributed by atoms with Gasteiger partial charge in [0.15, 0.2) is 12.1 Å². The van der Waals surface area contributed by atoms with Crippen LogP contribution in [0.3, 0.4) is 0 Å². The van der Waals surface area contributed by atoms with Gasteiger partial charge in [-0.25, -0.2) is 0 Å². The van der Waals surface area contributed by atoms with Crippen molar-refractivity contribution < 1.29 is 37.9 Å². The maximum atomic E-state index is 9.01. The zero-order valence-electron chi connectivity index (χ0n) is 18.4. The highest BCUT2D eigenvalue weighted by Gasteiger charge is 2.57. The monoisotopic (exact) mass is 433 g/mol. The van der Waals surface area contributed by atoms with Gasteiger partial charge < -0.3 is 37.9 Å². The van der Waals surface area contributed by atoms with E-state index in [4.69, 9.17) is 43.4 Å². The van der Waals surface area contributed by atoms with Gasteiger partial charge >= 0.3 is 0 Å². The number of methoxy groups -OCH3 is 2. The second kappa shape index (κ2) is 13.4. The highest BCUT2D eigenvalue weighted by Crippen LogP contribution is 2.40. The molecular weight excluding hydrogens is 398 g/mol. The van der Waals surface area contributed by atoms with E-state index in [1.807, 2.05) is 13.8 Å². The summed E-state index contributed by atoms with van der Waals surface area (Å²) in [5.41, 5.74) is 9.01. The maximum Gasteiger partial charge on any atom is 0.190 e. The fraction of sp³-hybridized carbons (Fsp3) is 1.00. The van der Waals surface area contributed by atoms with E-state index in [0.29, 0.717) is 20.0 Å². The van der Waals surface area contributed by atoms with Crippen molar-refractivity contribution in [3.8, 4) is 0 Å². The number of ether oxygens (including phenoxy) is 8. The van der Waals surface area contributed by atoms with Crippen LogP contribution in [0.5, 0.6) is 0 Å². The van der Waals surface area contributed by atoms with Crippen LogP contribution in [0.4, 0.5) is 0 Å². The van der Waals surface area contributed by atoms with Gasteiger partial charge in [0, 0.05) is 32.3 Å².